The molecule has 0 aliphatic carbocycles. The molecule has 0 fully saturated rings. The zero-order chi connectivity index (χ0) is 21.8. The van der Waals surface area contributed by atoms with E-state index in [0.717, 1.165) is 47.9 Å². The summed E-state index contributed by atoms with van der Waals surface area (Å²) in [5.74, 6) is 1.95. The molecular formula is C23H24ClN5O2. The van der Waals surface area contributed by atoms with Crippen molar-refractivity contribution in [2.75, 3.05) is 39.2 Å². The Labute approximate surface area is 186 Å². The number of anilines is 2. The van der Waals surface area contributed by atoms with Gasteiger partial charge in [0.1, 0.15) is 11.4 Å². The first-order valence-corrected chi connectivity index (χ1v) is 10.4. The van der Waals surface area contributed by atoms with Crippen LogP contribution in [0.1, 0.15) is 12.0 Å². The fourth-order valence-corrected chi connectivity index (χ4v) is 3.50. The van der Waals surface area contributed by atoms with Gasteiger partial charge in [-0.1, -0.05) is 11.6 Å². The number of hydrogen-bond donors (Lipinski definition) is 0. The molecule has 0 amide bonds. The highest BCUT2D eigenvalue weighted by atomic mass is 35.5. The van der Waals surface area contributed by atoms with E-state index in [1.54, 1.807) is 13.2 Å². The van der Waals surface area contributed by atoms with Gasteiger partial charge in [0, 0.05) is 24.9 Å². The lowest BCUT2D eigenvalue weighted by molar-refractivity contribution is 0.399. The quantitative estimate of drug-likeness (QED) is 0.480. The minimum Gasteiger partial charge on any atom is -0.497 e. The van der Waals surface area contributed by atoms with Crippen LogP contribution in [-0.2, 0) is 0 Å². The predicted octanol–water partition coefficient (Wildman–Crippen LogP) is 5.08. The molecule has 3 aromatic rings. The van der Waals surface area contributed by atoms with Gasteiger partial charge in [-0.05, 0) is 69.0 Å². The molecule has 8 heteroatoms. The molecule has 0 radical (unpaired) electrons. The largest absolute Gasteiger partial charge is 0.497 e. The molecule has 0 unspecified atom stereocenters. The Hall–Kier alpha value is -3.16. The second kappa shape index (κ2) is 9.32. The zero-order valence-electron chi connectivity index (χ0n) is 17.7. The normalized spacial score (nSPS) is 12.6. The van der Waals surface area contributed by atoms with Crippen LogP contribution >= 0.6 is 11.6 Å². The monoisotopic (exact) mass is 437 g/mol. The molecule has 4 rings (SSSR count). The number of aromatic nitrogens is 2. The van der Waals surface area contributed by atoms with Gasteiger partial charge in [-0.25, -0.2) is 0 Å². The van der Waals surface area contributed by atoms with Crippen molar-refractivity contribution < 1.29 is 9.47 Å². The van der Waals surface area contributed by atoms with Crippen molar-refractivity contribution >= 4 is 34.9 Å². The van der Waals surface area contributed by atoms with E-state index < -0.39 is 0 Å². The second-order valence-corrected chi connectivity index (χ2v) is 7.84. The number of aliphatic imine (C=N–C) groups is 1. The van der Waals surface area contributed by atoms with Gasteiger partial charge < -0.3 is 19.3 Å². The highest BCUT2D eigenvalue weighted by molar-refractivity contribution is 6.29. The zero-order valence-corrected chi connectivity index (χ0v) is 18.5. The highest BCUT2D eigenvalue weighted by Crippen LogP contribution is 2.47. The molecule has 1 aromatic heterocycles. The lowest BCUT2D eigenvalue weighted by Crippen LogP contribution is -2.26. The molecule has 0 atom stereocenters. The van der Waals surface area contributed by atoms with Crippen LogP contribution < -0.4 is 14.4 Å². The average molecular weight is 438 g/mol. The van der Waals surface area contributed by atoms with Gasteiger partial charge in [0.25, 0.3) is 5.88 Å². The van der Waals surface area contributed by atoms with Crippen molar-refractivity contribution in [2.45, 2.75) is 6.42 Å². The second-order valence-electron chi connectivity index (χ2n) is 7.45. The maximum Gasteiger partial charge on any atom is 0.263 e. The fourth-order valence-electron chi connectivity index (χ4n) is 3.36. The molecule has 0 spiro atoms. The molecule has 31 heavy (non-hydrogen) atoms. The van der Waals surface area contributed by atoms with E-state index in [0.29, 0.717) is 16.8 Å². The van der Waals surface area contributed by atoms with Crippen molar-refractivity contribution in [1.29, 1.82) is 0 Å². The van der Waals surface area contributed by atoms with Crippen LogP contribution in [0.4, 0.5) is 17.1 Å². The molecule has 2 heterocycles. The van der Waals surface area contributed by atoms with Gasteiger partial charge in [-0.3, -0.25) is 4.99 Å². The number of nitrogens with zero attached hydrogens (tertiary/aromatic N) is 5. The van der Waals surface area contributed by atoms with E-state index in [4.69, 9.17) is 21.1 Å². The van der Waals surface area contributed by atoms with Crippen LogP contribution in [0.25, 0.3) is 0 Å². The topological polar surface area (TPSA) is 63.1 Å². The van der Waals surface area contributed by atoms with Gasteiger partial charge in [0.05, 0.1) is 18.5 Å². The minimum atomic E-state index is 0.337. The van der Waals surface area contributed by atoms with E-state index >= 15 is 0 Å². The summed E-state index contributed by atoms with van der Waals surface area (Å²) in [5, 5.41) is 8.42. The summed E-state index contributed by atoms with van der Waals surface area (Å²) in [5.41, 5.74) is 3.54. The Morgan fingerprint density at radius 3 is 2.65 bits per heavy atom. The van der Waals surface area contributed by atoms with Crippen molar-refractivity contribution in [2.24, 2.45) is 4.99 Å². The summed E-state index contributed by atoms with van der Waals surface area (Å²) in [6, 6.07) is 15.4. The first-order chi connectivity index (χ1) is 15.0. The lowest BCUT2D eigenvalue weighted by Gasteiger charge is -2.32. The smallest absolute Gasteiger partial charge is 0.263 e. The number of halogens is 1. The minimum absolute atomic E-state index is 0.337. The Morgan fingerprint density at radius 1 is 1.10 bits per heavy atom. The Bertz CT molecular complexity index is 1090. The van der Waals surface area contributed by atoms with E-state index in [2.05, 4.69) is 39.1 Å². The van der Waals surface area contributed by atoms with Crippen LogP contribution in [0, 0.1) is 0 Å². The summed E-state index contributed by atoms with van der Waals surface area (Å²) >= 11 is 6.11. The number of methoxy groups -OCH3 is 1. The molecule has 7 nitrogen and oxygen atoms in total. The Morgan fingerprint density at radius 2 is 1.90 bits per heavy atom. The Kier molecular flexibility index (Phi) is 6.34. The summed E-state index contributed by atoms with van der Waals surface area (Å²) in [6.07, 6.45) is 2.79. The number of fused-ring (bicyclic) bond motifs is 2. The number of benzene rings is 2. The molecule has 0 bridgehead atoms. The molecule has 0 saturated heterocycles. The third kappa shape index (κ3) is 4.95. The van der Waals surface area contributed by atoms with Crippen molar-refractivity contribution in [3.8, 4) is 17.4 Å². The SMILES string of the molecule is COc1ccc(C=Nc2ccc3c(c2)Oc2nnc(Cl)cc2N3CCCN(C)C)cc1. The van der Waals surface area contributed by atoms with E-state index in [9.17, 15) is 0 Å². The van der Waals surface area contributed by atoms with Crippen LogP contribution in [0.3, 0.4) is 0 Å². The van der Waals surface area contributed by atoms with Crippen LogP contribution in [0.15, 0.2) is 53.5 Å². The molecule has 1 aliphatic rings. The first-order valence-electron chi connectivity index (χ1n) is 9.99. The van der Waals surface area contributed by atoms with Crippen LogP contribution in [0.2, 0.25) is 5.15 Å². The molecule has 2 aromatic carbocycles. The predicted molar refractivity (Wildman–Crippen MR) is 124 cm³/mol. The van der Waals surface area contributed by atoms with Gasteiger partial charge in [-0.15, -0.1) is 10.2 Å². The van der Waals surface area contributed by atoms with Crippen LogP contribution in [0.5, 0.6) is 17.4 Å². The summed E-state index contributed by atoms with van der Waals surface area (Å²) in [7, 11) is 5.78. The fraction of sp³-hybridized carbons (Fsp3) is 0.261. The molecular weight excluding hydrogens is 414 g/mol. The van der Waals surface area contributed by atoms with E-state index in [1.807, 2.05) is 48.7 Å². The lowest BCUT2D eigenvalue weighted by atomic mass is 10.1. The number of ether oxygens (including phenoxy) is 2. The molecule has 0 saturated carbocycles. The van der Waals surface area contributed by atoms with Gasteiger partial charge in [-0.2, -0.15) is 0 Å². The van der Waals surface area contributed by atoms with Crippen LogP contribution in [-0.4, -0.2) is 55.6 Å². The standard InChI is InChI=1S/C23H24ClN5O2/c1-28(2)11-4-12-29-19-10-7-17(25-15-16-5-8-18(30-3)9-6-16)13-21(19)31-23-20(29)14-22(24)26-27-23/h5-10,13-15H,4,11-12H2,1-3H3. The Balaban J connectivity index is 1.60. The van der Waals surface area contributed by atoms with Gasteiger partial charge in [0.15, 0.2) is 10.9 Å². The molecule has 1 aliphatic heterocycles. The maximum atomic E-state index is 6.11. The summed E-state index contributed by atoms with van der Waals surface area (Å²) in [6.45, 7) is 1.77. The molecule has 160 valence electrons. The van der Waals surface area contributed by atoms with E-state index in [1.165, 1.54) is 0 Å². The van der Waals surface area contributed by atoms with Crippen molar-refractivity contribution in [3.63, 3.8) is 0 Å². The summed E-state index contributed by atoms with van der Waals surface area (Å²) < 4.78 is 11.2. The first kappa shape index (κ1) is 21.1. The van der Waals surface area contributed by atoms with Gasteiger partial charge in [0.2, 0.25) is 0 Å². The average Bonchev–Trinajstić information content (AvgIpc) is 2.77. The number of hydrogen-bond acceptors (Lipinski definition) is 7. The van der Waals surface area contributed by atoms with Crippen molar-refractivity contribution in [3.05, 3.63) is 59.2 Å². The van der Waals surface area contributed by atoms with Gasteiger partial charge >= 0.3 is 0 Å². The van der Waals surface area contributed by atoms with Crippen molar-refractivity contribution in [1.82, 2.24) is 15.1 Å². The van der Waals surface area contributed by atoms with E-state index in [-0.39, 0.29) is 0 Å². The third-order valence-corrected chi connectivity index (χ3v) is 5.09. The number of rotatable bonds is 7. The third-order valence-electron chi connectivity index (χ3n) is 4.91. The highest BCUT2D eigenvalue weighted by Gasteiger charge is 2.26. The molecule has 0 N–H and O–H groups in total. The maximum absolute atomic E-state index is 6.11. The summed E-state index contributed by atoms with van der Waals surface area (Å²) in [4.78, 5) is 8.93.